The number of carbonyl (C=O) groups excluding carboxylic acids is 2. The van der Waals surface area contributed by atoms with Crippen LogP contribution >= 0.6 is 0 Å². The van der Waals surface area contributed by atoms with Gasteiger partial charge < -0.3 is 10.1 Å². The van der Waals surface area contributed by atoms with Crippen molar-refractivity contribution < 1.29 is 27.1 Å². The number of anilines is 1. The van der Waals surface area contributed by atoms with E-state index >= 15 is 0 Å². The van der Waals surface area contributed by atoms with Crippen LogP contribution in [0.4, 0.5) is 10.1 Å². The summed E-state index contributed by atoms with van der Waals surface area (Å²) in [5.41, 5.74) is 2.07. The van der Waals surface area contributed by atoms with E-state index in [1.54, 1.807) is 12.1 Å². The van der Waals surface area contributed by atoms with Crippen molar-refractivity contribution >= 4 is 33.7 Å². The number of halogens is 1. The number of aryl methyl sites for hydroxylation is 1. The van der Waals surface area contributed by atoms with Gasteiger partial charge in [0, 0.05) is 11.1 Å². The van der Waals surface area contributed by atoms with Gasteiger partial charge in [0.25, 0.3) is 5.91 Å². The maximum Gasteiger partial charge on any atom is 0.321 e. The Hall–Kier alpha value is -3.04. The summed E-state index contributed by atoms with van der Waals surface area (Å²) in [7, 11) is -3.84. The first-order valence-electron chi connectivity index (χ1n) is 8.19. The molecule has 0 atom stereocenters. The largest absolute Gasteiger partial charge is 0.455 e. The molecule has 0 spiro atoms. The Kier molecular flexibility index (Phi) is 7.42. The normalized spacial score (nSPS) is 11.4. The lowest BCUT2D eigenvalue weighted by Crippen LogP contribution is -2.31. The highest BCUT2D eigenvalue weighted by Crippen LogP contribution is 2.08. The van der Waals surface area contributed by atoms with Gasteiger partial charge >= 0.3 is 5.97 Å². The van der Waals surface area contributed by atoms with Crippen molar-refractivity contribution in [2.75, 3.05) is 18.5 Å². The molecule has 0 aliphatic rings. The summed E-state index contributed by atoms with van der Waals surface area (Å²) in [5, 5.41) is 3.34. The van der Waals surface area contributed by atoms with E-state index in [1.165, 1.54) is 30.3 Å². The molecule has 0 fully saturated rings. The quantitative estimate of drug-likeness (QED) is 0.655. The van der Waals surface area contributed by atoms with Crippen LogP contribution in [0, 0.1) is 12.7 Å². The molecule has 0 aliphatic heterocycles. The van der Waals surface area contributed by atoms with E-state index < -0.39 is 40.9 Å². The van der Waals surface area contributed by atoms with Gasteiger partial charge in [0.1, 0.15) is 12.4 Å². The Balaban J connectivity index is 1.75. The minimum atomic E-state index is -3.84. The number of carbonyl (C=O) groups is 2. The van der Waals surface area contributed by atoms with Gasteiger partial charge in [0.15, 0.2) is 6.61 Å². The molecule has 0 saturated carbocycles. The van der Waals surface area contributed by atoms with Crippen molar-refractivity contribution in [1.29, 1.82) is 0 Å². The minimum absolute atomic E-state index is 0.337. The fraction of sp³-hybridized carbons (Fsp3) is 0.158. The van der Waals surface area contributed by atoms with E-state index in [-0.39, 0.29) is 0 Å². The van der Waals surface area contributed by atoms with Crippen molar-refractivity contribution in [2.24, 2.45) is 0 Å². The van der Waals surface area contributed by atoms with E-state index in [2.05, 4.69) is 10.0 Å². The third kappa shape index (κ3) is 7.68. The maximum absolute atomic E-state index is 12.8. The second-order valence-corrected chi connectivity index (χ2v) is 7.45. The van der Waals surface area contributed by atoms with Gasteiger partial charge in [-0.1, -0.05) is 29.8 Å². The number of hydrogen-bond donors (Lipinski definition) is 2. The molecule has 2 N–H and O–H groups in total. The Morgan fingerprint density at radius 3 is 2.36 bits per heavy atom. The second-order valence-electron chi connectivity index (χ2n) is 5.80. The van der Waals surface area contributed by atoms with E-state index in [0.717, 1.165) is 11.0 Å². The predicted molar refractivity (Wildman–Crippen MR) is 103 cm³/mol. The molecule has 0 saturated heterocycles. The number of hydrogen-bond acceptors (Lipinski definition) is 5. The summed E-state index contributed by atoms with van der Waals surface area (Å²) >= 11 is 0. The fourth-order valence-electron chi connectivity index (χ4n) is 1.98. The second kappa shape index (κ2) is 9.77. The zero-order valence-electron chi connectivity index (χ0n) is 15.0. The summed E-state index contributed by atoms with van der Waals surface area (Å²) in [6.07, 6.45) is 1.39. The number of rotatable bonds is 8. The number of sulfonamides is 1. The van der Waals surface area contributed by atoms with Crippen molar-refractivity contribution in [3.63, 3.8) is 0 Å². The lowest BCUT2D eigenvalue weighted by Gasteiger charge is -2.07. The van der Waals surface area contributed by atoms with Gasteiger partial charge in [-0.25, -0.2) is 17.5 Å². The van der Waals surface area contributed by atoms with Gasteiger partial charge in [0.2, 0.25) is 10.0 Å². The zero-order chi connectivity index (χ0) is 20.6. The number of amides is 1. The molecule has 0 aromatic heterocycles. The fourth-order valence-corrected chi connectivity index (χ4v) is 2.73. The van der Waals surface area contributed by atoms with Crippen LogP contribution in [0.2, 0.25) is 0 Å². The molecule has 0 aliphatic carbocycles. The van der Waals surface area contributed by atoms with E-state index in [1.807, 2.05) is 19.1 Å². The highest BCUT2D eigenvalue weighted by atomic mass is 32.2. The average molecular weight is 406 g/mol. The third-order valence-corrected chi connectivity index (χ3v) is 4.47. The molecule has 0 radical (unpaired) electrons. The smallest absolute Gasteiger partial charge is 0.321 e. The van der Waals surface area contributed by atoms with E-state index in [9.17, 15) is 22.4 Å². The van der Waals surface area contributed by atoms with Crippen molar-refractivity contribution in [3.05, 3.63) is 70.9 Å². The molecule has 1 amide bonds. The number of benzene rings is 2. The van der Waals surface area contributed by atoms with Crippen molar-refractivity contribution in [2.45, 2.75) is 6.92 Å². The number of nitrogens with one attached hydrogen (secondary N) is 2. The molecule has 7 nitrogen and oxygen atoms in total. The van der Waals surface area contributed by atoms with Crippen LogP contribution in [0.15, 0.2) is 53.9 Å². The van der Waals surface area contributed by atoms with Gasteiger partial charge in [-0.15, -0.1) is 0 Å². The monoisotopic (exact) mass is 406 g/mol. The van der Waals surface area contributed by atoms with Crippen LogP contribution < -0.4 is 10.0 Å². The molecule has 2 rings (SSSR count). The SMILES string of the molecule is Cc1ccc(/C=C/S(=O)(=O)NCC(=O)OCC(=O)Nc2ccc(F)cc2)cc1. The molecule has 2 aromatic rings. The molecular weight excluding hydrogens is 387 g/mol. The molecule has 0 heterocycles. The third-order valence-electron chi connectivity index (χ3n) is 3.43. The maximum atomic E-state index is 12.8. The Labute approximate surface area is 162 Å². The standard InChI is InChI=1S/C19H19FN2O5S/c1-14-2-4-15(5-3-14)10-11-28(25,26)21-12-19(24)27-13-18(23)22-17-8-6-16(20)7-9-17/h2-11,21H,12-13H2,1H3,(H,22,23)/b11-10+. The van der Waals surface area contributed by atoms with E-state index in [0.29, 0.717) is 11.3 Å². The average Bonchev–Trinajstić information content (AvgIpc) is 2.66. The summed E-state index contributed by atoms with van der Waals surface area (Å²) in [6.45, 7) is 0.693. The first kappa shape index (κ1) is 21.3. The predicted octanol–water partition coefficient (Wildman–Crippen LogP) is 2.21. The summed E-state index contributed by atoms with van der Waals surface area (Å²) in [6, 6.07) is 12.2. The van der Waals surface area contributed by atoms with Crippen LogP contribution in [0.25, 0.3) is 6.08 Å². The first-order valence-corrected chi connectivity index (χ1v) is 9.73. The molecule has 2 aromatic carbocycles. The Morgan fingerprint density at radius 2 is 1.71 bits per heavy atom. The van der Waals surface area contributed by atoms with Crippen LogP contribution in [-0.2, 0) is 24.3 Å². The van der Waals surface area contributed by atoms with Gasteiger partial charge in [-0.2, -0.15) is 0 Å². The van der Waals surface area contributed by atoms with Gasteiger partial charge in [-0.3, -0.25) is 9.59 Å². The van der Waals surface area contributed by atoms with Gasteiger partial charge in [-0.05, 0) is 42.8 Å². The molecule has 9 heteroatoms. The van der Waals surface area contributed by atoms with Crippen molar-refractivity contribution in [3.8, 4) is 0 Å². The molecule has 0 unspecified atom stereocenters. The van der Waals surface area contributed by atoms with Crippen LogP contribution in [0.5, 0.6) is 0 Å². The lowest BCUT2D eigenvalue weighted by atomic mass is 10.2. The highest BCUT2D eigenvalue weighted by Gasteiger charge is 2.12. The summed E-state index contributed by atoms with van der Waals surface area (Å²) in [5.74, 6) is -2.00. The van der Waals surface area contributed by atoms with E-state index in [4.69, 9.17) is 4.74 Å². The minimum Gasteiger partial charge on any atom is -0.455 e. The highest BCUT2D eigenvalue weighted by molar-refractivity contribution is 7.92. The number of ether oxygens (including phenoxy) is 1. The summed E-state index contributed by atoms with van der Waals surface area (Å²) in [4.78, 5) is 23.3. The molecule has 28 heavy (non-hydrogen) atoms. The van der Waals surface area contributed by atoms with Crippen LogP contribution in [0.1, 0.15) is 11.1 Å². The topological polar surface area (TPSA) is 102 Å². The van der Waals surface area contributed by atoms with Crippen molar-refractivity contribution in [1.82, 2.24) is 4.72 Å². The zero-order valence-corrected chi connectivity index (χ0v) is 15.8. The number of esters is 1. The molecule has 148 valence electrons. The lowest BCUT2D eigenvalue weighted by molar-refractivity contribution is -0.146. The Morgan fingerprint density at radius 1 is 1.07 bits per heavy atom. The van der Waals surface area contributed by atoms with Gasteiger partial charge in [0.05, 0.1) is 0 Å². The Bertz CT molecular complexity index is 955. The summed E-state index contributed by atoms with van der Waals surface area (Å²) < 4.78 is 43.3. The molecular formula is C19H19FN2O5S. The van der Waals surface area contributed by atoms with Crippen LogP contribution in [-0.4, -0.2) is 33.4 Å². The van der Waals surface area contributed by atoms with Crippen LogP contribution in [0.3, 0.4) is 0 Å². The molecule has 0 bridgehead atoms. The first-order chi connectivity index (χ1) is 13.2.